The van der Waals surface area contributed by atoms with Crippen LogP contribution in [-0.2, 0) is 9.59 Å². The van der Waals surface area contributed by atoms with Crippen LogP contribution in [0.15, 0.2) is 53.1 Å². The number of halogens is 1. The first-order valence-electron chi connectivity index (χ1n) is 12.7. The second-order valence-electron chi connectivity index (χ2n) is 10.0. The lowest BCUT2D eigenvalue weighted by Crippen LogP contribution is -2.31. The number of aromatic hydroxyl groups is 1. The molecule has 8 heteroatoms. The lowest BCUT2D eigenvalue weighted by molar-refractivity contribution is -0.122. The molecule has 36 heavy (non-hydrogen) atoms. The van der Waals surface area contributed by atoms with Crippen LogP contribution >= 0.6 is 11.6 Å². The number of likely N-dealkylation sites (tertiary alicyclic amines) is 1. The largest absolute Gasteiger partial charge is 0.506 e. The van der Waals surface area contributed by atoms with Gasteiger partial charge >= 0.3 is 0 Å². The van der Waals surface area contributed by atoms with E-state index in [-0.39, 0.29) is 28.4 Å². The van der Waals surface area contributed by atoms with Gasteiger partial charge in [-0.3, -0.25) is 14.5 Å². The molecule has 0 aliphatic carbocycles. The number of nitrogens with zero attached hydrogens (tertiary/aromatic N) is 2. The van der Waals surface area contributed by atoms with Gasteiger partial charge in [-0.2, -0.15) is 0 Å². The maximum Gasteiger partial charge on any atom is 0.228 e. The van der Waals surface area contributed by atoms with Crippen LogP contribution in [0.2, 0.25) is 5.02 Å². The number of furan rings is 1. The van der Waals surface area contributed by atoms with Crippen molar-refractivity contribution in [1.82, 2.24) is 4.90 Å². The summed E-state index contributed by atoms with van der Waals surface area (Å²) >= 11 is 5.93. The molecule has 3 heterocycles. The average molecular weight is 510 g/mol. The van der Waals surface area contributed by atoms with Gasteiger partial charge in [0.05, 0.1) is 23.7 Å². The molecule has 2 atom stereocenters. The highest BCUT2D eigenvalue weighted by Gasteiger charge is 2.30. The van der Waals surface area contributed by atoms with Crippen molar-refractivity contribution in [2.24, 2.45) is 11.8 Å². The molecule has 1 amide bonds. The van der Waals surface area contributed by atoms with Gasteiger partial charge in [0.15, 0.2) is 0 Å². The maximum absolute atomic E-state index is 12.9. The number of carbonyl (C=O) groups is 2. The number of nitrogens with one attached hydrogen (secondary N) is 1. The smallest absolute Gasteiger partial charge is 0.228 e. The summed E-state index contributed by atoms with van der Waals surface area (Å²) in [5.41, 5.74) is 2.68. The molecule has 2 saturated heterocycles. The minimum absolute atomic E-state index is 0.0163. The summed E-state index contributed by atoms with van der Waals surface area (Å²) in [6.07, 6.45) is 6.21. The number of amides is 1. The predicted octanol–water partition coefficient (Wildman–Crippen LogP) is 5.32. The van der Waals surface area contributed by atoms with Gasteiger partial charge in [-0.25, -0.2) is 0 Å². The molecule has 3 aromatic rings. The zero-order chi connectivity index (χ0) is 25.1. The van der Waals surface area contributed by atoms with Crippen molar-refractivity contribution in [1.29, 1.82) is 0 Å². The Morgan fingerprint density at radius 3 is 2.81 bits per heavy atom. The Balaban J connectivity index is 1.07. The Morgan fingerprint density at radius 1 is 1.06 bits per heavy atom. The van der Waals surface area contributed by atoms with Crippen LogP contribution in [0.4, 0.5) is 11.4 Å². The molecule has 1 unspecified atom stereocenters. The number of anilines is 2. The van der Waals surface area contributed by atoms with E-state index in [1.165, 1.54) is 17.8 Å². The van der Waals surface area contributed by atoms with Crippen LogP contribution in [0, 0.1) is 11.8 Å². The van der Waals surface area contributed by atoms with Crippen LogP contribution < -0.4 is 10.2 Å². The van der Waals surface area contributed by atoms with Gasteiger partial charge in [0.1, 0.15) is 17.1 Å². The van der Waals surface area contributed by atoms with Gasteiger partial charge in [0.25, 0.3) is 0 Å². The molecule has 0 saturated carbocycles. The number of Topliss-reactive ketones (excluding diaryl/α,β-unsaturated/α-hetero) is 1. The molecular weight excluding hydrogens is 478 g/mol. The standard InChI is InChI=1S/C28H32ClN3O4/c29-25-16-22(3-5-26(25)34)30-28(35)21-8-11-31(17-21)18-24(33)14-19-2-1-10-32(12-7-19)23-4-6-27-20(15-23)9-13-36-27/h3-6,9,13,15-16,19,21,34H,1-2,7-8,10-12,14,17-18H2,(H,30,35)/t19?,21-/m1/s1. The predicted molar refractivity (Wildman–Crippen MR) is 142 cm³/mol. The van der Waals surface area contributed by atoms with Gasteiger partial charge < -0.3 is 19.7 Å². The third-order valence-electron chi connectivity index (χ3n) is 7.42. The fraction of sp³-hybridized carbons (Fsp3) is 0.429. The van der Waals surface area contributed by atoms with E-state index in [9.17, 15) is 14.7 Å². The van der Waals surface area contributed by atoms with E-state index in [1.54, 1.807) is 12.3 Å². The first kappa shape index (κ1) is 24.7. The summed E-state index contributed by atoms with van der Waals surface area (Å²) in [6, 6.07) is 12.9. The third kappa shape index (κ3) is 5.85. The molecule has 2 N–H and O–H groups in total. The van der Waals surface area contributed by atoms with Crippen molar-refractivity contribution in [2.45, 2.75) is 32.1 Å². The second kappa shape index (κ2) is 10.9. The average Bonchev–Trinajstić information content (AvgIpc) is 3.46. The fourth-order valence-electron chi connectivity index (χ4n) is 5.43. The Hall–Kier alpha value is -3.03. The lowest BCUT2D eigenvalue weighted by atomic mass is 9.94. The highest BCUT2D eigenvalue weighted by molar-refractivity contribution is 6.32. The van der Waals surface area contributed by atoms with Crippen molar-refractivity contribution >= 4 is 45.6 Å². The Morgan fingerprint density at radius 2 is 1.94 bits per heavy atom. The number of fused-ring (bicyclic) bond motifs is 1. The zero-order valence-corrected chi connectivity index (χ0v) is 21.0. The molecule has 0 bridgehead atoms. The van der Waals surface area contributed by atoms with Gasteiger partial charge in [0, 0.05) is 42.8 Å². The van der Waals surface area contributed by atoms with Gasteiger partial charge in [0.2, 0.25) is 5.91 Å². The molecule has 7 nitrogen and oxygen atoms in total. The number of phenols is 1. The summed E-state index contributed by atoms with van der Waals surface area (Å²) in [5.74, 6) is 0.409. The quantitative estimate of drug-likeness (QED) is 0.419. The molecule has 5 rings (SSSR count). The van der Waals surface area contributed by atoms with E-state index in [1.807, 2.05) is 12.1 Å². The van der Waals surface area contributed by atoms with E-state index in [0.29, 0.717) is 31.1 Å². The van der Waals surface area contributed by atoms with E-state index < -0.39 is 0 Å². The van der Waals surface area contributed by atoms with Gasteiger partial charge in [-0.15, -0.1) is 0 Å². The maximum atomic E-state index is 12.9. The normalized spacial score (nSPS) is 21.0. The fourth-order valence-corrected chi connectivity index (χ4v) is 5.61. The number of benzene rings is 2. The summed E-state index contributed by atoms with van der Waals surface area (Å²) in [4.78, 5) is 30.1. The van der Waals surface area contributed by atoms with Gasteiger partial charge in [-0.1, -0.05) is 11.6 Å². The molecule has 0 spiro atoms. The number of hydrogen-bond acceptors (Lipinski definition) is 6. The SMILES string of the molecule is O=C(CC1CCCN(c2ccc3occc3c2)CC1)CN1CC[C@@H](C(=O)Nc2ccc(O)c(Cl)c2)C1. The highest BCUT2D eigenvalue weighted by Crippen LogP contribution is 2.29. The van der Waals surface area contributed by atoms with E-state index in [4.69, 9.17) is 16.0 Å². The van der Waals surface area contributed by atoms with Crippen molar-refractivity contribution in [2.75, 3.05) is 42.9 Å². The molecule has 0 radical (unpaired) electrons. The molecule has 2 fully saturated rings. The third-order valence-corrected chi connectivity index (χ3v) is 7.73. The Bertz CT molecular complexity index is 1240. The number of hydrogen-bond donors (Lipinski definition) is 2. The Kier molecular flexibility index (Phi) is 7.48. The zero-order valence-electron chi connectivity index (χ0n) is 20.3. The summed E-state index contributed by atoms with van der Waals surface area (Å²) in [7, 11) is 0. The van der Waals surface area contributed by atoms with Crippen molar-refractivity contribution in [3.63, 3.8) is 0 Å². The van der Waals surface area contributed by atoms with Crippen molar-refractivity contribution in [3.05, 3.63) is 53.8 Å². The molecule has 190 valence electrons. The number of ketones is 1. The van der Waals surface area contributed by atoms with Crippen molar-refractivity contribution in [3.8, 4) is 5.75 Å². The lowest BCUT2D eigenvalue weighted by Gasteiger charge is -2.23. The van der Waals surface area contributed by atoms with E-state index in [2.05, 4.69) is 27.2 Å². The van der Waals surface area contributed by atoms with E-state index >= 15 is 0 Å². The van der Waals surface area contributed by atoms with Crippen LogP contribution in [-0.4, -0.2) is 54.4 Å². The molecule has 1 aromatic heterocycles. The molecule has 2 aliphatic rings. The number of phenolic OH excluding ortho intramolecular Hbond substituents is 1. The summed E-state index contributed by atoms with van der Waals surface area (Å²) in [6.45, 7) is 3.69. The number of rotatable bonds is 7. The van der Waals surface area contributed by atoms with Crippen LogP contribution in [0.1, 0.15) is 32.1 Å². The second-order valence-corrected chi connectivity index (χ2v) is 10.5. The van der Waals surface area contributed by atoms with E-state index in [0.717, 1.165) is 56.3 Å². The minimum atomic E-state index is -0.163. The first-order valence-corrected chi connectivity index (χ1v) is 13.1. The van der Waals surface area contributed by atoms with Crippen molar-refractivity contribution < 1.29 is 19.1 Å². The van der Waals surface area contributed by atoms with Gasteiger partial charge in [-0.05, 0) is 80.6 Å². The highest BCUT2D eigenvalue weighted by atomic mass is 35.5. The monoisotopic (exact) mass is 509 g/mol. The number of carbonyl (C=O) groups excluding carboxylic acids is 2. The molecular formula is C28H32ClN3O4. The van der Waals surface area contributed by atoms with Crippen LogP contribution in [0.5, 0.6) is 5.75 Å². The minimum Gasteiger partial charge on any atom is -0.506 e. The summed E-state index contributed by atoms with van der Waals surface area (Å²) in [5, 5.41) is 13.7. The summed E-state index contributed by atoms with van der Waals surface area (Å²) < 4.78 is 5.46. The van der Waals surface area contributed by atoms with Crippen LogP contribution in [0.3, 0.4) is 0 Å². The molecule has 2 aliphatic heterocycles. The Labute approximate surface area is 216 Å². The molecule has 2 aromatic carbocycles. The topological polar surface area (TPSA) is 86.0 Å². The van der Waals surface area contributed by atoms with Crippen LogP contribution in [0.25, 0.3) is 11.0 Å². The first-order chi connectivity index (χ1) is 17.4.